The Balaban J connectivity index is 1.98. The molecule has 0 bridgehead atoms. The number of halogens is 1. The van der Waals surface area contributed by atoms with E-state index in [-0.39, 0.29) is 34.5 Å². The molecule has 0 spiro atoms. The highest BCUT2D eigenvalue weighted by molar-refractivity contribution is 6.32. The van der Waals surface area contributed by atoms with Crippen LogP contribution in [-0.2, 0) is 4.79 Å². The van der Waals surface area contributed by atoms with Crippen LogP contribution >= 0.6 is 11.6 Å². The SMILES string of the molecule is CCOc1cc(/C=C(\C#N)C(=O)Nc2cccc(C)c2)cc(Cl)c1Oc1ccc([N+](=O)[O-])cc1[N+](=O)[O-]. The Bertz CT molecular complexity index is 1460. The molecule has 0 aliphatic rings. The van der Waals surface area contributed by atoms with E-state index in [4.69, 9.17) is 21.1 Å². The van der Waals surface area contributed by atoms with Crippen LogP contribution in [0.1, 0.15) is 18.1 Å². The molecule has 37 heavy (non-hydrogen) atoms. The maximum atomic E-state index is 12.6. The fraction of sp³-hybridized carbons (Fsp3) is 0.120. The van der Waals surface area contributed by atoms with Gasteiger partial charge in [0.25, 0.3) is 11.6 Å². The van der Waals surface area contributed by atoms with Crippen molar-refractivity contribution in [1.82, 2.24) is 0 Å². The average Bonchev–Trinajstić information content (AvgIpc) is 2.84. The summed E-state index contributed by atoms with van der Waals surface area (Å²) in [6.45, 7) is 3.72. The van der Waals surface area contributed by atoms with Crippen molar-refractivity contribution in [3.63, 3.8) is 0 Å². The molecule has 0 saturated carbocycles. The van der Waals surface area contributed by atoms with Crippen molar-refractivity contribution in [3.05, 3.63) is 96.5 Å². The summed E-state index contributed by atoms with van der Waals surface area (Å²) in [5, 5.41) is 34.6. The molecule has 0 saturated heterocycles. The molecule has 3 aromatic carbocycles. The van der Waals surface area contributed by atoms with Crippen molar-refractivity contribution >= 4 is 40.6 Å². The van der Waals surface area contributed by atoms with Gasteiger partial charge < -0.3 is 14.8 Å². The molecule has 0 fully saturated rings. The number of carbonyl (C=O) groups excluding carboxylic acids is 1. The third kappa shape index (κ3) is 6.59. The monoisotopic (exact) mass is 522 g/mol. The fourth-order valence-electron chi connectivity index (χ4n) is 3.23. The number of non-ortho nitro benzene ring substituents is 1. The summed E-state index contributed by atoms with van der Waals surface area (Å²) < 4.78 is 11.2. The van der Waals surface area contributed by atoms with E-state index in [2.05, 4.69) is 5.32 Å². The molecule has 0 aliphatic carbocycles. The molecule has 0 aliphatic heterocycles. The predicted molar refractivity (Wildman–Crippen MR) is 136 cm³/mol. The minimum Gasteiger partial charge on any atom is -0.490 e. The maximum absolute atomic E-state index is 12.6. The Morgan fingerprint density at radius 2 is 1.86 bits per heavy atom. The number of nitro benzene ring substituents is 2. The second-order valence-corrected chi connectivity index (χ2v) is 7.93. The van der Waals surface area contributed by atoms with Gasteiger partial charge in [-0.05, 0) is 61.4 Å². The van der Waals surface area contributed by atoms with Crippen LogP contribution in [0.3, 0.4) is 0 Å². The van der Waals surface area contributed by atoms with E-state index < -0.39 is 27.1 Å². The Morgan fingerprint density at radius 1 is 1.11 bits per heavy atom. The zero-order chi connectivity index (χ0) is 27.1. The highest BCUT2D eigenvalue weighted by Crippen LogP contribution is 2.43. The molecule has 12 heteroatoms. The van der Waals surface area contributed by atoms with Crippen LogP contribution in [0.4, 0.5) is 17.1 Å². The minimum absolute atomic E-state index is 0.0405. The minimum atomic E-state index is -0.820. The number of nitro groups is 2. The number of benzene rings is 3. The molecule has 0 aromatic heterocycles. The number of nitriles is 1. The van der Waals surface area contributed by atoms with Gasteiger partial charge in [0.1, 0.15) is 11.6 Å². The lowest BCUT2D eigenvalue weighted by Crippen LogP contribution is -2.13. The van der Waals surface area contributed by atoms with Gasteiger partial charge in [-0.2, -0.15) is 5.26 Å². The second kappa shape index (κ2) is 11.7. The molecule has 0 radical (unpaired) electrons. The number of nitrogens with one attached hydrogen (secondary N) is 1. The van der Waals surface area contributed by atoms with Crippen LogP contribution in [0.15, 0.2) is 60.2 Å². The molecule has 0 unspecified atom stereocenters. The summed E-state index contributed by atoms with van der Waals surface area (Å²) in [5.74, 6) is -0.938. The van der Waals surface area contributed by atoms with Gasteiger partial charge in [-0.3, -0.25) is 25.0 Å². The van der Waals surface area contributed by atoms with Gasteiger partial charge in [0, 0.05) is 11.8 Å². The topological polar surface area (TPSA) is 158 Å². The Hall–Kier alpha value is -4.95. The summed E-state index contributed by atoms with van der Waals surface area (Å²) in [6, 6.07) is 14.7. The summed E-state index contributed by atoms with van der Waals surface area (Å²) in [4.78, 5) is 33.5. The van der Waals surface area contributed by atoms with Crippen LogP contribution < -0.4 is 14.8 Å². The molecule has 1 N–H and O–H groups in total. The van der Waals surface area contributed by atoms with Crippen LogP contribution in [0, 0.1) is 38.5 Å². The van der Waals surface area contributed by atoms with Gasteiger partial charge in [-0.1, -0.05) is 23.7 Å². The first-order chi connectivity index (χ1) is 17.6. The van der Waals surface area contributed by atoms with Gasteiger partial charge in [0.15, 0.2) is 11.5 Å². The van der Waals surface area contributed by atoms with E-state index in [9.17, 15) is 30.3 Å². The molecule has 3 aromatic rings. The molecule has 1 amide bonds. The summed E-state index contributed by atoms with van der Waals surface area (Å²) in [5.41, 5.74) is 0.444. The normalized spacial score (nSPS) is 10.8. The van der Waals surface area contributed by atoms with E-state index in [1.165, 1.54) is 18.2 Å². The van der Waals surface area contributed by atoms with Crippen molar-refractivity contribution in [1.29, 1.82) is 5.26 Å². The van der Waals surface area contributed by atoms with E-state index in [1.807, 2.05) is 19.1 Å². The number of nitrogens with zero attached hydrogens (tertiary/aromatic N) is 3. The quantitative estimate of drug-likeness (QED) is 0.150. The lowest BCUT2D eigenvalue weighted by atomic mass is 10.1. The zero-order valence-corrected chi connectivity index (χ0v) is 20.3. The predicted octanol–water partition coefficient (Wildman–Crippen LogP) is 6.20. The number of rotatable bonds is 9. The first-order valence-corrected chi connectivity index (χ1v) is 11.1. The Morgan fingerprint density at radius 3 is 2.49 bits per heavy atom. The lowest BCUT2D eigenvalue weighted by molar-refractivity contribution is -0.394. The zero-order valence-electron chi connectivity index (χ0n) is 19.6. The van der Waals surface area contributed by atoms with Crippen molar-refractivity contribution in [2.45, 2.75) is 13.8 Å². The first kappa shape index (κ1) is 26.7. The largest absolute Gasteiger partial charge is 0.490 e. The van der Waals surface area contributed by atoms with E-state index >= 15 is 0 Å². The molecule has 11 nitrogen and oxygen atoms in total. The van der Waals surface area contributed by atoms with Crippen LogP contribution in [-0.4, -0.2) is 22.4 Å². The fourth-order valence-corrected chi connectivity index (χ4v) is 3.49. The number of carbonyl (C=O) groups is 1. The first-order valence-electron chi connectivity index (χ1n) is 10.7. The molecule has 3 rings (SSSR count). The van der Waals surface area contributed by atoms with E-state index in [1.54, 1.807) is 25.1 Å². The highest BCUT2D eigenvalue weighted by atomic mass is 35.5. The van der Waals surface area contributed by atoms with Gasteiger partial charge in [-0.25, -0.2) is 0 Å². The summed E-state index contributed by atoms with van der Waals surface area (Å²) >= 11 is 6.39. The van der Waals surface area contributed by atoms with E-state index in [0.717, 1.165) is 23.8 Å². The van der Waals surface area contributed by atoms with Crippen LogP contribution in [0.2, 0.25) is 5.02 Å². The maximum Gasteiger partial charge on any atom is 0.318 e. The smallest absolute Gasteiger partial charge is 0.318 e. The van der Waals surface area contributed by atoms with Crippen molar-refractivity contribution in [3.8, 4) is 23.3 Å². The summed E-state index contributed by atoms with van der Waals surface area (Å²) in [6.07, 6.45) is 1.30. The van der Waals surface area contributed by atoms with Crippen molar-refractivity contribution in [2.75, 3.05) is 11.9 Å². The van der Waals surface area contributed by atoms with Crippen LogP contribution in [0.25, 0.3) is 6.08 Å². The summed E-state index contributed by atoms with van der Waals surface area (Å²) in [7, 11) is 0. The highest BCUT2D eigenvalue weighted by Gasteiger charge is 2.24. The lowest BCUT2D eigenvalue weighted by Gasteiger charge is -2.14. The van der Waals surface area contributed by atoms with Crippen molar-refractivity contribution < 1.29 is 24.1 Å². The number of anilines is 1. The molecular weight excluding hydrogens is 504 g/mol. The van der Waals surface area contributed by atoms with E-state index in [0.29, 0.717) is 11.3 Å². The molecular formula is C25H19ClN4O7. The van der Waals surface area contributed by atoms with Gasteiger partial charge in [0.2, 0.25) is 5.75 Å². The Kier molecular flexibility index (Phi) is 8.39. The standard InChI is InChI=1S/C25H19ClN4O7/c1-3-36-23-12-16(10-17(14-27)25(31)28-18-6-4-5-15(2)9-18)11-20(26)24(23)37-22-8-7-19(29(32)33)13-21(22)30(34)35/h4-13H,3H2,1-2H3,(H,28,31)/b17-10+. The van der Waals surface area contributed by atoms with Gasteiger partial charge in [0.05, 0.1) is 27.5 Å². The average molecular weight is 523 g/mol. The number of ether oxygens (including phenoxy) is 2. The number of amides is 1. The Labute approximate surface area is 215 Å². The van der Waals surface area contributed by atoms with Gasteiger partial charge >= 0.3 is 5.69 Å². The van der Waals surface area contributed by atoms with Crippen molar-refractivity contribution in [2.24, 2.45) is 0 Å². The van der Waals surface area contributed by atoms with Crippen LogP contribution in [0.5, 0.6) is 17.2 Å². The number of hydrogen-bond acceptors (Lipinski definition) is 8. The number of hydrogen-bond donors (Lipinski definition) is 1. The van der Waals surface area contributed by atoms with Gasteiger partial charge in [-0.15, -0.1) is 0 Å². The third-order valence-corrected chi connectivity index (χ3v) is 5.13. The molecule has 0 atom stereocenters. The third-order valence-electron chi connectivity index (χ3n) is 4.85. The number of aryl methyl sites for hydroxylation is 1. The molecule has 188 valence electrons. The molecule has 0 heterocycles. The second-order valence-electron chi connectivity index (χ2n) is 7.52.